The van der Waals surface area contributed by atoms with Crippen molar-refractivity contribution < 1.29 is 9.13 Å². The largest absolute Gasteiger partial charge is 0.385 e. The summed E-state index contributed by atoms with van der Waals surface area (Å²) in [7, 11) is 1.70. The van der Waals surface area contributed by atoms with Crippen molar-refractivity contribution in [2.45, 2.75) is 26.3 Å². The Morgan fingerprint density at radius 3 is 2.38 bits per heavy atom. The maximum atomic E-state index is 12.7. The summed E-state index contributed by atoms with van der Waals surface area (Å²) in [4.78, 5) is 0. The number of hydrogen-bond acceptors (Lipinski definition) is 2. The summed E-state index contributed by atoms with van der Waals surface area (Å²) in [6.45, 7) is 5.06. The molecule has 0 aliphatic rings. The molecule has 0 aliphatic carbocycles. The third-order valence-electron chi connectivity index (χ3n) is 2.63. The third-order valence-corrected chi connectivity index (χ3v) is 2.63. The van der Waals surface area contributed by atoms with Crippen molar-refractivity contribution in [1.29, 1.82) is 0 Å². The molecule has 0 bridgehead atoms. The number of ether oxygens (including phenoxy) is 1. The van der Waals surface area contributed by atoms with Gasteiger partial charge in [0.1, 0.15) is 5.82 Å². The van der Waals surface area contributed by atoms with Gasteiger partial charge in [0.25, 0.3) is 0 Å². The molecule has 1 aromatic rings. The number of halogens is 1. The number of hydrogen-bond donors (Lipinski definition) is 1. The van der Waals surface area contributed by atoms with Gasteiger partial charge in [0.05, 0.1) is 0 Å². The van der Waals surface area contributed by atoms with E-state index in [1.54, 1.807) is 19.2 Å². The van der Waals surface area contributed by atoms with E-state index >= 15 is 0 Å². The summed E-state index contributed by atoms with van der Waals surface area (Å²) in [5.74, 6) is 0.309. The SMILES string of the molecule is COCCC(Nc1ccc(F)cc1)C(C)C. The summed E-state index contributed by atoms with van der Waals surface area (Å²) in [5.41, 5.74) is 0.955. The van der Waals surface area contributed by atoms with E-state index in [1.165, 1.54) is 12.1 Å². The Bertz CT molecular complexity index is 297. The zero-order valence-corrected chi connectivity index (χ0v) is 10.2. The molecule has 0 aromatic heterocycles. The van der Waals surface area contributed by atoms with Gasteiger partial charge in [-0.1, -0.05) is 13.8 Å². The zero-order chi connectivity index (χ0) is 12.0. The highest BCUT2D eigenvalue weighted by Gasteiger charge is 2.12. The fourth-order valence-electron chi connectivity index (χ4n) is 1.58. The molecular weight excluding hydrogens is 205 g/mol. The van der Waals surface area contributed by atoms with Crippen LogP contribution in [0.3, 0.4) is 0 Å². The Hall–Kier alpha value is -1.09. The molecular formula is C13H20FNO. The van der Waals surface area contributed by atoms with Gasteiger partial charge in [-0.3, -0.25) is 0 Å². The standard InChI is InChI=1S/C13H20FNO/c1-10(2)13(8-9-16-3)15-12-6-4-11(14)5-7-12/h4-7,10,13,15H,8-9H2,1-3H3. The molecule has 0 heterocycles. The number of nitrogens with one attached hydrogen (secondary N) is 1. The number of rotatable bonds is 6. The van der Waals surface area contributed by atoms with Crippen LogP contribution in [0.2, 0.25) is 0 Å². The predicted molar refractivity (Wildman–Crippen MR) is 65.1 cm³/mol. The van der Waals surface area contributed by atoms with Crippen molar-refractivity contribution in [3.8, 4) is 0 Å². The molecule has 1 rings (SSSR count). The highest BCUT2D eigenvalue weighted by Crippen LogP contribution is 2.15. The molecule has 0 radical (unpaired) electrons. The van der Waals surface area contributed by atoms with Crippen molar-refractivity contribution in [3.05, 3.63) is 30.1 Å². The molecule has 0 saturated heterocycles. The highest BCUT2D eigenvalue weighted by molar-refractivity contribution is 5.43. The monoisotopic (exact) mass is 225 g/mol. The van der Waals surface area contributed by atoms with Crippen LogP contribution in [0.1, 0.15) is 20.3 Å². The quantitative estimate of drug-likeness (QED) is 0.802. The molecule has 2 nitrogen and oxygen atoms in total. The zero-order valence-electron chi connectivity index (χ0n) is 10.2. The van der Waals surface area contributed by atoms with Crippen LogP contribution < -0.4 is 5.32 Å². The van der Waals surface area contributed by atoms with E-state index in [2.05, 4.69) is 19.2 Å². The number of anilines is 1. The van der Waals surface area contributed by atoms with Crippen molar-refractivity contribution in [2.75, 3.05) is 19.0 Å². The van der Waals surface area contributed by atoms with Crippen molar-refractivity contribution >= 4 is 5.69 Å². The molecule has 1 atom stereocenters. The topological polar surface area (TPSA) is 21.3 Å². The van der Waals surface area contributed by atoms with E-state index in [0.717, 1.165) is 18.7 Å². The maximum Gasteiger partial charge on any atom is 0.123 e. The van der Waals surface area contributed by atoms with E-state index in [0.29, 0.717) is 12.0 Å². The average Bonchev–Trinajstić information content (AvgIpc) is 2.26. The fraction of sp³-hybridized carbons (Fsp3) is 0.538. The first-order valence-electron chi connectivity index (χ1n) is 5.64. The molecule has 0 aliphatic heterocycles. The fourth-order valence-corrected chi connectivity index (χ4v) is 1.58. The molecule has 0 amide bonds. The molecule has 0 saturated carbocycles. The van der Waals surface area contributed by atoms with Gasteiger partial charge in [0.15, 0.2) is 0 Å². The van der Waals surface area contributed by atoms with Gasteiger partial charge < -0.3 is 10.1 Å². The minimum absolute atomic E-state index is 0.205. The maximum absolute atomic E-state index is 12.7. The van der Waals surface area contributed by atoms with E-state index in [4.69, 9.17) is 4.74 Å². The Morgan fingerprint density at radius 1 is 1.25 bits per heavy atom. The Morgan fingerprint density at radius 2 is 1.88 bits per heavy atom. The lowest BCUT2D eigenvalue weighted by molar-refractivity contribution is 0.184. The third kappa shape index (κ3) is 4.19. The molecule has 0 spiro atoms. The van der Waals surface area contributed by atoms with Crippen LogP contribution in [-0.2, 0) is 4.74 Å². The Labute approximate surface area is 96.8 Å². The molecule has 1 N–H and O–H groups in total. The number of benzene rings is 1. The van der Waals surface area contributed by atoms with Gasteiger partial charge in [0.2, 0.25) is 0 Å². The van der Waals surface area contributed by atoms with Crippen molar-refractivity contribution in [1.82, 2.24) is 0 Å². The molecule has 90 valence electrons. The van der Waals surface area contributed by atoms with Gasteiger partial charge in [-0.05, 0) is 36.6 Å². The van der Waals surface area contributed by atoms with Gasteiger partial charge >= 0.3 is 0 Å². The summed E-state index contributed by atoms with van der Waals surface area (Å²) < 4.78 is 17.8. The van der Waals surface area contributed by atoms with E-state index in [-0.39, 0.29) is 5.82 Å². The molecule has 3 heteroatoms. The van der Waals surface area contributed by atoms with Crippen LogP contribution in [0.15, 0.2) is 24.3 Å². The van der Waals surface area contributed by atoms with Gasteiger partial charge in [-0.15, -0.1) is 0 Å². The summed E-state index contributed by atoms with van der Waals surface area (Å²) in [6, 6.07) is 6.81. The highest BCUT2D eigenvalue weighted by atomic mass is 19.1. The Balaban J connectivity index is 2.57. The first kappa shape index (κ1) is 13.0. The first-order chi connectivity index (χ1) is 7.63. The average molecular weight is 225 g/mol. The lowest BCUT2D eigenvalue weighted by Gasteiger charge is -2.23. The minimum Gasteiger partial charge on any atom is -0.385 e. The van der Waals surface area contributed by atoms with Crippen LogP contribution >= 0.6 is 0 Å². The summed E-state index contributed by atoms with van der Waals surface area (Å²) in [6.07, 6.45) is 0.950. The van der Waals surface area contributed by atoms with Crippen LogP contribution in [-0.4, -0.2) is 19.8 Å². The molecule has 1 unspecified atom stereocenters. The Kier molecular flexibility index (Phi) is 5.26. The van der Waals surface area contributed by atoms with Crippen LogP contribution in [0.25, 0.3) is 0 Å². The van der Waals surface area contributed by atoms with E-state index in [9.17, 15) is 4.39 Å². The summed E-state index contributed by atoms with van der Waals surface area (Å²) >= 11 is 0. The normalized spacial score (nSPS) is 12.8. The lowest BCUT2D eigenvalue weighted by atomic mass is 10.0. The molecule has 16 heavy (non-hydrogen) atoms. The summed E-state index contributed by atoms with van der Waals surface area (Å²) in [5, 5.41) is 3.39. The van der Waals surface area contributed by atoms with E-state index < -0.39 is 0 Å². The predicted octanol–water partition coefficient (Wildman–Crippen LogP) is 3.30. The second-order valence-electron chi connectivity index (χ2n) is 4.28. The lowest BCUT2D eigenvalue weighted by Crippen LogP contribution is -2.27. The van der Waals surface area contributed by atoms with Gasteiger partial charge in [0, 0.05) is 25.4 Å². The second-order valence-corrected chi connectivity index (χ2v) is 4.28. The minimum atomic E-state index is -0.205. The number of methoxy groups -OCH3 is 1. The van der Waals surface area contributed by atoms with Crippen molar-refractivity contribution in [2.24, 2.45) is 5.92 Å². The van der Waals surface area contributed by atoms with Crippen LogP contribution in [0.4, 0.5) is 10.1 Å². The smallest absolute Gasteiger partial charge is 0.123 e. The van der Waals surface area contributed by atoms with Crippen molar-refractivity contribution in [3.63, 3.8) is 0 Å². The molecule has 0 fully saturated rings. The van der Waals surface area contributed by atoms with Crippen LogP contribution in [0.5, 0.6) is 0 Å². The van der Waals surface area contributed by atoms with Gasteiger partial charge in [-0.25, -0.2) is 4.39 Å². The van der Waals surface area contributed by atoms with E-state index in [1.807, 2.05) is 0 Å². The van der Waals surface area contributed by atoms with Crippen LogP contribution in [0, 0.1) is 11.7 Å². The van der Waals surface area contributed by atoms with Gasteiger partial charge in [-0.2, -0.15) is 0 Å². The first-order valence-corrected chi connectivity index (χ1v) is 5.64. The second kappa shape index (κ2) is 6.48. The molecule has 1 aromatic carbocycles.